The van der Waals surface area contributed by atoms with Crippen LogP contribution in [0.5, 0.6) is 0 Å². The summed E-state index contributed by atoms with van der Waals surface area (Å²) in [6.07, 6.45) is 5.85. The maximum Gasteiger partial charge on any atom is 0.320 e. The molecular formula is C25H35FO5S2. The van der Waals surface area contributed by atoms with Crippen LogP contribution in [0.25, 0.3) is 0 Å². The van der Waals surface area contributed by atoms with Gasteiger partial charge in [0.25, 0.3) is 0 Å². The van der Waals surface area contributed by atoms with Crippen molar-refractivity contribution >= 4 is 19.7 Å². The van der Waals surface area contributed by atoms with E-state index < -0.39 is 46.3 Å². The van der Waals surface area contributed by atoms with E-state index in [4.69, 9.17) is 0 Å². The number of hydrogen-bond donors (Lipinski definition) is 1. The number of benzene rings is 2. The molecule has 1 atom stereocenters. The SMILES string of the molecule is CCCCCCCCCCC(O)CC(F)(S(=O)(=O)c1ccccc1)S(=O)(=O)c1ccccc1. The first kappa shape index (κ1) is 27.5. The summed E-state index contributed by atoms with van der Waals surface area (Å²) in [4.78, 5) is -0.877. The number of rotatable bonds is 15. The van der Waals surface area contributed by atoms with Gasteiger partial charge < -0.3 is 5.11 Å². The molecule has 0 saturated carbocycles. The highest BCUT2D eigenvalue weighted by atomic mass is 32.3. The van der Waals surface area contributed by atoms with E-state index in [1.807, 2.05) is 0 Å². The molecule has 5 nitrogen and oxygen atoms in total. The molecule has 1 N–H and O–H groups in total. The maximum atomic E-state index is 16.4. The standard InChI is InChI=1S/C25H35FO5S2/c1-2-3-4-5-6-7-8-11-16-22(27)21-25(26,32(28,29)23-17-12-9-13-18-23)33(30,31)24-19-14-10-15-20-24/h9-10,12-15,17-20,22,27H,2-8,11,16,21H2,1H3. The molecule has 33 heavy (non-hydrogen) atoms. The lowest BCUT2D eigenvalue weighted by atomic mass is 10.0. The molecule has 0 spiro atoms. The molecular weight excluding hydrogens is 463 g/mol. The molecule has 0 heterocycles. The molecule has 0 bridgehead atoms. The smallest absolute Gasteiger partial charge is 0.320 e. The molecule has 2 aromatic carbocycles. The minimum absolute atomic E-state index is 0.134. The Balaban J connectivity index is 2.19. The van der Waals surface area contributed by atoms with Gasteiger partial charge >= 0.3 is 4.33 Å². The molecule has 8 heteroatoms. The van der Waals surface area contributed by atoms with Crippen LogP contribution in [0, 0.1) is 0 Å². The summed E-state index contributed by atoms with van der Waals surface area (Å²) in [5.74, 6) is 0. The fourth-order valence-corrected chi connectivity index (χ4v) is 8.10. The van der Waals surface area contributed by atoms with E-state index in [0.717, 1.165) is 49.9 Å². The quantitative estimate of drug-likeness (QED) is 0.312. The summed E-state index contributed by atoms with van der Waals surface area (Å²) in [6.45, 7) is 2.16. The average Bonchev–Trinajstić information content (AvgIpc) is 2.81. The lowest BCUT2D eigenvalue weighted by molar-refractivity contribution is 0.122. The van der Waals surface area contributed by atoms with Gasteiger partial charge in [0.15, 0.2) is 0 Å². The number of aliphatic hydroxyl groups is 1. The summed E-state index contributed by atoms with van der Waals surface area (Å²) < 4.78 is 65.7. The Morgan fingerprint density at radius 2 is 1.12 bits per heavy atom. The molecule has 0 fully saturated rings. The van der Waals surface area contributed by atoms with Crippen molar-refractivity contribution in [2.24, 2.45) is 0 Å². The van der Waals surface area contributed by atoms with E-state index in [-0.39, 0.29) is 6.42 Å². The van der Waals surface area contributed by atoms with E-state index in [2.05, 4.69) is 6.92 Å². The molecule has 2 aromatic rings. The highest BCUT2D eigenvalue weighted by Gasteiger charge is 2.58. The fourth-order valence-electron chi connectivity index (χ4n) is 3.81. The number of alkyl halides is 1. The van der Waals surface area contributed by atoms with Crippen molar-refractivity contribution in [3.8, 4) is 0 Å². The first-order valence-corrected chi connectivity index (χ1v) is 14.6. The third-order valence-electron chi connectivity index (χ3n) is 5.78. The Labute approximate surface area is 197 Å². The molecule has 0 aliphatic heterocycles. The van der Waals surface area contributed by atoms with Crippen LogP contribution in [0.1, 0.15) is 71.1 Å². The van der Waals surface area contributed by atoms with Crippen LogP contribution in [0.3, 0.4) is 0 Å². The maximum absolute atomic E-state index is 16.4. The van der Waals surface area contributed by atoms with Gasteiger partial charge in [-0.15, -0.1) is 0 Å². The van der Waals surface area contributed by atoms with Gasteiger partial charge in [-0.05, 0) is 30.7 Å². The number of unbranched alkanes of at least 4 members (excludes halogenated alkanes) is 7. The normalized spacial score (nSPS) is 13.7. The topological polar surface area (TPSA) is 88.5 Å². The Kier molecular flexibility index (Phi) is 10.5. The van der Waals surface area contributed by atoms with Crippen LogP contribution < -0.4 is 0 Å². The van der Waals surface area contributed by atoms with Crippen molar-refractivity contribution in [1.29, 1.82) is 0 Å². The minimum Gasteiger partial charge on any atom is -0.393 e. The Bertz CT molecular complexity index is 969. The Morgan fingerprint density at radius 1 is 0.727 bits per heavy atom. The van der Waals surface area contributed by atoms with Crippen LogP contribution in [-0.2, 0) is 19.7 Å². The number of sulfone groups is 2. The van der Waals surface area contributed by atoms with E-state index in [0.29, 0.717) is 6.42 Å². The van der Waals surface area contributed by atoms with Crippen molar-refractivity contribution in [2.75, 3.05) is 0 Å². The summed E-state index contributed by atoms with van der Waals surface area (Å²) >= 11 is 0. The van der Waals surface area contributed by atoms with Crippen LogP contribution >= 0.6 is 0 Å². The van der Waals surface area contributed by atoms with Crippen molar-refractivity contribution in [1.82, 2.24) is 0 Å². The van der Waals surface area contributed by atoms with Gasteiger partial charge in [0, 0.05) is 6.42 Å². The second-order valence-electron chi connectivity index (χ2n) is 8.41. The average molecular weight is 499 g/mol. The zero-order chi connectivity index (χ0) is 24.4. The lowest BCUT2D eigenvalue weighted by Crippen LogP contribution is -2.45. The molecule has 0 saturated heterocycles. The summed E-state index contributed by atoms with van der Waals surface area (Å²) in [7, 11) is -9.93. The van der Waals surface area contributed by atoms with Gasteiger partial charge in [0.05, 0.1) is 15.9 Å². The van der Waals surface area contributed by atoms with E-state index in [1.54, 1.807) is 12.1 Å². The highest BCUT2D eigenvalue weighted by molar-refractivity contribution is 8.10. The monoisotopic (exact) mass is 498 g/mol. The summed E-state index contributed by atoms with van der Waals surface area (Å²) in [6, 6.07) is 13.4. The van der Waals surface area contributed by atoms with Gasteiger partial charge in [-0.2, -0.15) is 0 Å². The zero-order valence-corrected chi connectivity index (χ0v) is 20.8. The van der Waals surface area contributed by atoms with E-state index in [9.17, 15) is 21.9 Å². The second-order valence-corrected chi connectivity index (χ2v) is 12.9. The molecule has 0 aliphatic carbocycles. The van der Waals surface area contributed by atoms with E-state index >= 15 is 4.39 Å². The molecule has 2 rings (SSSR count). The minimum atomic E-state index is -4.96. The van der Waals surface area contributed by atoms with Gasteiger partial charge in [0.1, 0.15) is 0 Å². The predicted octanol–water partition coefficient (Wildman–Crippen LogP) is 5.84. The first-order valence-electron chi connectivity index (χ1n) is 11.6. The molecule has 0 aromatic heterocycles. The van der Waals surface area contributed by atoms with Crippen molar-refractivity contribution in [2.45, 2.75) is 91.4 Å². The number of aliphatic hydroxyl groups excluding tert-OH is 1. The predicted molar refractivity (Wildman–Crippen MR) is 129 cm³/mol. The van der Waals surface area contributed by atoms with Crippen molar-refractivity contribution < 1.29 is 26.3 Å². The van der Waals surface area contributed by atoms with Crippen LogP contribution in [0.2, 0.25) is 0 Å². The van der Waals surface area contributed by atoms with Crippen LogP contribution in [0.15, 0.2) is 70.5 Å². The van der Waals surface area contributed by atoms with Gasteiger partial charge in [-0.1, -0.05) is 94.7 Å². The van der Waals surface area contributed by atoms with E-state index in [1.165, 1.54) is 43.5 Å². The van der Waals surface area contributed by atoms with Crippen molar-refractivity contribution in [3.05, 3.63) is 60.7 Å². The lowest BCUT2D eigenvalue weighted by Gasteiger charge is -2.27. The number of halogens is 1. The highest BCUT2D eigenvalue weighted by Crippen LogP contribution is 2.41. The third-order valence-corrected chi connectivity index (χ3v) is 10.8. The molecule has 1 unspecified atom stereocenters. The van der Waals surface area contributed by atoms with Gasteiger partial charge in [0.2, 0.25) is 19.7 Å². The fraction of sp³-hybridized carbons (Fsp3) is 0.520. The molecule has 0 aliphatic rings. The third kappa shape index (κ3) is 6.87. The van der Waals surface area contributed by atoms with Crippen LogP contribution in [0.4, 0.5) is 4.39 Å². The second kappa shape index (κ2) is 12.6. The van der Waals surface area contributed by atoms with Gasteiger partial charge in [-0.25, -0.2) is 21.2 Å². The largest absolute Gasteiger partial charge is 0.393 e. The Morgan fingerprint density at radius 3 is 1.55 bits per heavy atom. The van der Waals surface area contributed by atoms with Gasteiger partial charge in [-0.3, -0.25) is 0 Å². The van der Waals surface area contributed by atoms with Crippen molar-refractivity contribution in [3.63, 3.8) is 0 Å². The number of hydrogen-bond acceptors (Lipinski definition) is 5. The Hall–Kier alpha value is -1.77. The summed E-state index contributed by atoms with van der Waals surface area (Å²) in [5, 5.41) is 10.5. The first-order chi connectivity index (χ1) is 15.7. The van der Waals surface area contributed by atoms with Crippen LogP contribution in [-0.4, -0.2) is 32.4 Å². The molecule has 0 radical (unpaired) electrons. The zero-order valence-electron chi connectivity index (χ0n) is 19.2. The molecule has 184 valence electrons. The molecule has 0 amide bonds. The summed E-state index contributed by atoms with van der Waals surface area (Å²) in [5.41, 5.74) is 0.